The van der Waals surface area contributed by atoms with Gasteiger partial charge in [0.05, 0.1) is 16.6 Å². The van der Waals surface area contributed by atoms with Crippen molar-refractivity contribution in [2.75, 3.05) is 19.8 Å². The smallest absolute Gasteiger partial charge is 0.338 e. The van der Waals surface area contributed by atoms with E-state index in [0.717, 1.165) is 16.7 Å². The number of carboxylic acid groups (broad SMARTS) is 1. The lowest BCUT2D eigenvalue weighted by atomic mass is 9.90. The average molecular weight is 548 g/mol. The van der Waals surface area contributed by atoms with Crippen LogP contribution in [0.2, 0.25) is 0 Å². The summed E-state index contributed by atoms with van der Waals surface area (Å²) in [6, 6.07) is 24.0. The molecule has 0 fully saturated rings. The number of carboxylic acids is 1. The molecule has 3 aromatic carbocycles. The fourth-order valence-electron chi connectivity index (χ4n) is 3.63. The minimum absolute atomic E-state index is 0.162. The van der Waals surface area contributed by atoms with Gasteiger partial charge in [-0.1, -0.05) is 54.6 Å². The fourth-order valence-corrected chi connectivity index (χ4v) is 3.63. The molecule has 0 unspecified atom stereocenters. The largest absolute Gasteiger partial charge is 0.484 e. The molecule has 0 atom stereocenters. The number of benzene rings is 3. The summed E-state index contributed by atoms with van der Waals surface area (Å²) in [7, 11) is 0. The number of aliphatic carboxylic acids is 1. The molecule has 212 valence electrons. The van der Waals surface area contributed by atoms with Gasteiger partial charge >= 0.3 is 11.9 Å². The van der Waals surface area contributed by atoms with E-state index in [2.05, 4.69) is 5.32 Å². The Kier molecular flexibility index (Phi) is 10.4. The van der Waals surface area contributed by atoms with E-state index in [0.29, 0.717) is 17.7 Å². The van der Waals surface area contributed by atoms with E-state index >= 15 is 0 Å². The number of hydrogen-bond acceptors (Lipinski definition) is 6. The molecule has 0 saturated heterocycles. The van der Waals surface area contributed by atoms with E-state index in [1.807, 2.05) is 62.4 Å². The Morgan fingerprint density at radius 1 is 0.850 bits per heavy atom. The van der Waals surface area contributed by atoms with Gasteiger partial charge in [0.1, 0.15) is 12.4 Å². The highest BCUT2D eigenvalue weighted by Crippen LogP contribution is 2.24. The van der Waals surface area contributed by atoms with Crippen LogP contribution < -0.4 is 10.1 Å². The molecule has 0 saturated carbocycles. The fraction of sp³-hybridized carbons (Fsp3) is 0.344. The van der Waals surface area contributed by atoms with Crippen LogP contribution in [0.3, 0.4) is 0 Å². The van der Waals surface area contributed by atoms with Crippen LogP contribution in [0.25, 0.3) is 11.1 Å². The van der Waals surface area contributed by atoms with Crippen molar-refractivity contribution in [2.24, 2.45) is 5.41 Å². The topological polar surface area (TPSA) is 111 Å². The number of ether oxygens (including phenoxy) is 3. The molecular weight excluding hydrogens is 510 g/mol. The second kappa shape index (κ2) is 13.8. The molecule has 3 aromatic rings. The van der Waals surface area contributed by atoms with Crippen molar-refractivity contribution in [3.8, 4) is 16.9 Å². The highest BCUT2D eigenvalue weighted by atomic mass is 16.5. The van der Waals surface area contributed by atoms with Crippen LogP contribution in [0.4, 0.5) is 0 Å². The first-order valence-electron chi connectivity index (χ1n) is 13.1. The maximum absolute atomic E-state index is 12.5. The molecule has 0 spiro atoms. The summed E-state index contributed by atoms with van der Waals surface area (Å²) in [5.41, 5.74) is 1.59. The van der Waals surface area contributed by atoms with E-state index < -0.39 is 23.0 Å². The van der Waals surface area contributed by atoms with Crippen molar-refractivity contribution in [2.45, 2.75) is 46.3 Å². The van der Waals surface area contributed by atoms with Crippen LogP contribution in [0.5, 0.6) is 5.75 Å². The van der Waals surface area contributed by atoms with Gasteiger partial charge in [-0.3, -0.25) is 9.59 Å². The summed E-state index contributed by atoms with van der Waals surface area (Å²) in [5, 5.41) is 12.0. The number of carbonyl (C=O) groups excluding carboxylic acids is 2. The molecule has 40 heavy (non-hydrogen) atoms. The van der Waals surface area contributed by atoms with Crippen molar-refractivity contribution >= 4 is 17.8 Å². The van der Waals surface area contributed by atoms with Crippen molar-refractivity contribution in [1.82, 2.24) is 5.32 Å². The first-order valence-corrected chi connectivity index (χ1v) is 13.1. The second-order valence-corrected chi connectivity index (χ2v) is 10.8. The number of nitrogens with one attached hydrogen (secondary N) is 1. The lowest BCUT2D eigenvalue weighted by Crippen LogP contribution is -2.42. The molecule has 0 aromatic heterocycles. The first-order chi connectivity index (χ1) is 18.9. The first kappa shape index (κ1) is 30.4. The highest BCUT2D eigenvalue weighted by molar-refractivity contribution is 5.91. The van der Waals surface area contributed by atoms with Gasteiger partial charge in [0, 0.05) is 13.2 Å². The Morgan fingerprint density at radius 2 is 1.55 bits per heavy atom. The van der Waals surface area contributed by atoms with Gasteiger partial charge in [-0.05, 0) is 75.1 Å². The summed E-state index contributed by atoms with van der Waals surface area (Å²) < 4.78 is 16.8. The average Bonchev–Trinajstić information content (AvgIpc) is 2.94. The molecular formula is C32H37NO7. The Hall–Kier alpha value is -4.17. The third-order valence-electron chi connectivity index (χ3n) is 6.38. The van der Waals surface area contributed by atoms with Crippen LogP contribution in [-0.4, -0.2) is 48.3 Å². The number of hydrogen-bond donors (Lipinski definition) is 2. The monoisotopic (exact) mass is 547 g/mol. The zero-order valence-corrected chi connectivity index (χ0v) is 23.4. The maximum Gasteiger partial charge on any atom is 0.338 e. The quantitative estimate of drug-likeness (QED) is 0.256. The molecule has 8 nitrogen and oxygen atoms in total. The molecule has 0 aliphatic heterocycles. The lowest BCUT2D eigenvalue weighted by Gasteiger charge is -2.28. The highest BCUT2D eigenvalue weighted by Gasteiger charge is 2.28. The third kappa shape index (κ3) is 9.54. The van der Waals surface area contributed by atoms with E-state index in [1.165, 1.54) is 0 Å². The summed E-state index contributed by atoms with van der Waals surface area (Å²) in [6.45, 7) is 7.53. The van der Waals surface area contributed by atoms with Gasteiger partial charge in [-0.2, -0.15) is 0 Å². The van der Waals surface area contributed by atoms with Crippen LogP contribution >= 0.6 is 0 Å². The van der Waals surface area contributed by atoms with E-state index in [-0.39, 0.29) is 32.3 Å². The molecule has 2 N–H and O–H groups in total. The summed E-state index contributed by atoms with van der Waals surface area (Å²) in [6.07, 6.45) is 0.363. The number of rotatable bonds is 14. The number of amides is 1. The van der Waals surface area contributed by atoms with Gasteiger partial charge < -0.3 is 24.6 Å². The van der Waals surface area contributed by atoms with E-state index in [9.17, 15) is 19.5 Å². The zero-order valence-electron chi connectivity index (χ0n) is 23.4. The van der Waals surface area contributed by atoms with Crippen molar-refractivity contribution < 1.29 is 33.7 Å². The minimum atomic E-state index is -0.875. The second-order valence-electron chi connectivity index (χ2n) is 10.8. The predicted octanol–water partition coefficient (Wildman–Crippen LogP) is 5.50. The Balaban J connectivity index is 1.45. The summed E-state index contributed by atoms with van der Waals surface area (Å²) in [5.74, 6) is -1.04. The lowest BCUT2D eigenvalue weighted by molar-refractivity contribution is -0.148. The molecule has 0 heterocycles. The van der Waals surface area contributed by atoms with Crippen molar-refractivity contribution in [3.63, 3.8) is 0 Å². The molecule has 0 aliphatic rings. The van der Waals surface area contributed by atoms with Crippen LogP contribution in [-0.2, 0) is 25.7 Å². The normalized spacial score (nSPS) is 11.5. The van der Waals surface area contributed by atoms with Gasteiger partial charge in [-0.25, -0.2) is 4.79 Å². The standard InChI is InChI=1S/C32H37NO7/c1-31(2,30(36)37)17-18-40-32(3,4)22-33-28(34)21-38-27-15-13-24(14-16-27)25-11-8-12-26(19-25)29(35)39-20-23-9-6-5-7-10-23/h5-16,19H,17-18,20-22H2,1-4H3,(H,33,34)(H,36,37). The summed E-state index contributed by atoms with van der Waals surface area (Å²) >= 11 is 0. The molecule has 0 bridgehead atoms. The molecule has 8 heteroatoms. The molecule has 3 rings (SSSR count). The maximum atomic E-state index is 12.5. The van der Waals surface area contributed by atoms with Crippen LogP contribution in [0.15, 0.2) is 78.9 Å². The van der Waals surface area contributed by atoms with Crippen LogP contribution in [0.1, 0.15) is 50.0 Å². The Labute approximate surface area is 235 Å². The van der Waals surface area contributed by atoms with Crippen molar-refractivity contribution in [1.29, 1.82) is 0 Å². The summed E-state index contributed by atoms with van der Waals surface area (Å²) in [4.78, 5) is 36.1. The van der Waals surface area contributed by atoms with Gasteiger partial charge in [-0.15, -0.1) is 0 Å². The predicted molar refractivity (Wildman–Crippen MR) is 152 cm³/mol. The number of esters is 1. The SMILES string of the molecule is CC(C)(CNC(=O)COc1ccc(-c2cccc(C(=O)OCc3ccccc3)c2)cc1)OCCC(C)(C)C(=O)O. The third-order valence-corrected chi connectivity index (χ3v) is 6.38. The van der Waals surface area contributed by atoms with E-state index in [1.54, 1.807) is 44.2 Å². The minimum Gasteiger partial charge on any atom is -0.484 e. The number of carbonyl (C=O) groups is 3. The molecule has 0 radical (unpaired) electrons. The van der Waals surface area contributed by atoms with Crippen LogP contribution in [0, 0.1) is 5.41 Å². The van der Waals surface area contributed by atoms with Gasteiger partial charge in [0.25, 0.3) is 5.91 Å². The zero-order chi connectivity index (χ0) is 29.2. The van der Waals surface area contributed by atoms with Gasteiger partial charge in [0.15, 0.2) is 6.61 Å². The molecule has 0 aliphatic carbocycles. The molecule has 1 amide bonds. The Bertz CT molecular complexity index is 1280. The van der Waals surface area contributed by atoms with Gasteiger partial charge in [0.2, 0.25) is 0 Å². The Morgan fingerprint density at radius 3 is 2.23 bits per heavy atom. The van der Waals surface area contributed by atoms with E-state index in [4.69, 9.17) is 14.2 Å². The van der Waals surface area contributed by atoms with Crippen molar-refractivity contribution in [3.05, 3.63) is 90.0 Å².